The molecule has 1 atom stereocenters. The van der Waals surface area contributed by atoms with Crippen LogP contribution in [0.4, 0.5) is 0 Å². The number of fused-ring (bicyclic) bond motifs is 3. The molecule has 5 rings (SSSR count). The molecule has 1 aliphatic heterocycles. The van der Waals surface area contributed by atoms with Crippen LogP contribution in [0.3, 0.4) is 0 Å². The first-order valence-electron chi connectivity index (χ1n) is 13.5. The van der Waals surface area contributed by atoms with E-state index in [0.29, 0.717) is 6.54 Å². The second-order valence-electron chi connectivity index (χ2n) is 9.51. The number of allylic oxidation sites excluding steroid dienone is 4. The Morgan fingerprint density at radius 2 is 1.89 bits per heavy atom. The third kappa shape index (κ3) is 5.73. The highest BCUT2D eigenvalue weighted by atomic mass is 35.5. The average molecular weight is 510 g/mol. The second kappa shape index (κ2) is 12.6. The van der Waals surface area contributed by atoms with Crippen LogP contribution < -0.4 is 10.3 Å². The zero-order valence-corrected chi connectivity index (χ0v) is 22.8. The van der Waals surface area contributed by atoms with Crippen molar-refractivity contribution in [2.24, 2.45) is 0 Å². The molecule has 0 bridgehead atoms. The van der Waals surface area contributed by atoms with Gasteiger partial charge in [-0.2, -0.15) is 0 Å². The molecule has 0 N–H and O–H groups in total. The van der Waals surface area contributed by atoms with Gasteiger partial charge in [0.2, 0.25) is 0 Å². The largest absolute Gasteiger partial charge is 0.495 e. The summed E-state index contributed by atoms with van der Waals surface area (Å²) in [6.07, 6.45) is 15.0. The second-order valence-corrected chi connectivity index (χ2v) is 10.1. The zero-order valence-electron chi connectivity index (χ0n) is 22.0. The van der Waals surface area contributed by atoms with Gasteiger partial charge in [-0.25, -0.2) is 0 Å². The maximum absolute atomic E-state index is 13.8. The molecule has 1 fully saturated rings. The fraction of sp³-hybridized carbons (Fsp3) is 0.500. The van der Waals surface area contributed by atoms with E-state index in [1.165, 1.54) is 24.8 Å². The standard InChI is InChI=1S/C28H34ClN3O2.C2H6/c1-34-25-13-7-12-23-26-24(32(27(23)25)19-18-30-15-3-2-4-16-30)14-17-31(28(26)33)20-21-8-5-10-22(29)11-6-9-21;1-2/h5,7,9-10,12-14,17,22H,2-4,6,8,11,15-16,18-20H2,1H3;1-2H3/b10-5-,21-9+;. The normalized spacial score (nSPS) is 21.2. The van der Waals surface area contributed by atoms with E-state index in [2.05, 4.69) is 39.8 Å². The average Bonchev–Trinajstić information content (AvgIpc) is 3.23. The summed E-state index contributed by atoms with van der Waals surface area (Å²) in [5.41, 5.74) is 3.34. The van der Waals surface area contributed by atoms with Gasteiger partial charge in [0.15, 0.2) is 0 Å². The number of rotatable bonds is 6. The molecule has 1 aromatic carbocycles. The summed E-state index contributed by atoms with van der Waals surface area (Å²) < 4.78 is 9.90. The highest BCUT2D eigenvalue weighted by Crippen LogP contribution is 2.33. The van der Waals surface area contributed by atoms with Crippen LogP contribution in [-0.4, -0.2) is 46.2 Å². The summed E-state index contributed by atoms with van der Waals surface area (Å²) in [5, 5.41) is 1.87. The molecular weight excluding hydrogens is 470 g/mol. The molecule has 1 unspecified atom stereocenters. The van der Waals surface area contributed by atoms with Crippen molar-refractivity contribution in [3.05, 3.63) is 64.6 Å². The van der Waals surface area contributed by atoms with Gasteiger partial charge >= 0.3 is 0 Å². The van der Waals surface area contributed by atoms with E-state index in [0.717, 1.165) is 73.0 Å². The molecule has 5 nitrogen and oxygen atoms in total. The van der Waals surface area contributed by atoms with Crippen LogP contribution in [0.25, 0.3) is 21.8 Å². The molecule has 0 saturated carbocycles. The Balaban J connectivity index is 0.00000148. The Morgan fingerprint density at radius 1 is 1.08 bits per heavy atom. The molecule has 3 heterocycles. The smallest absolute Gasteiger partial charge is 0.260 e. The van der Waals surface area contributed by atoms with Gasteiger partial charge in [-0.05, 0) is 57.3 Å². The van der Waals surface area contributed by atoms with Gasteiger partial charge < -0.3 is 18.8 Å². The van der Waals surface area contributed by atoms with Crippen LogP contribution in [0.2, 0.25) is 0 Å². The number of hydrogen-bond acceptors (Lipinski definition) is 3. The number of hydrogen-bond donors (Lipinski definition) is 0. The Kier molecular flexibility index (Phi) is 9.33. The molecule has 2 aliphatic rings. The van der Waals surface area contributed by atoms with E-state index in [1.807, 2.05) is 36.7 Å². The summed E-state index contributed by atoms with van der Waals surface area (Å²) in [7, 11) is 1.71. The van der Waals surface area contributed by atoms with E-state index in [4.69, 9.17) is 16.3 Å². The SMILES string of the molecule is CC.COc1cccc2c3c(=O)n(C/C4=C/CCC(Cl)/C=C\C4)ccc3n(CCN3CCCCC3)c12. The van der Waals surface area contributed by atoms with E-state index in [9.17, 15) is 4.79 Å². The number of halogens is 1. The maximum atomic E-state index is 13.8. The van der Waals surface area contributed by atoms with Gasteiger partial charge in [0.1, 0.15) is 5.75 Å². The molecule has 36 heavy (non-hydrogen) atoms. The quantitative estimate of drug-likeness (QED) is 0.272. The lowest BCUT2D eigenvalue weighted by Gasteiger charge is -2.26. The molecule has 194 valence electrons. The molecule has 0 spiro atoms. The van der Waals surface area contributed by atoms with Crippen molar-refractivity contribution in [3.63, 3.8) is 0 Å². The number of piperidine rings is 1. The summed E-state index contributed by atoms with van der Waals surface area (Å²) in [4.78, 5) is 16.3. The number of nitrogens with zero attached hydrogens (tertiary/aromatic N) is 3. The first-order chi connectivity index (χ1) is 17.7. The molecular formula is C30H40ClN3O2. The summed E-state index contributed by atoms with van der Waals surface area (Å²) in [6.45, 7) is 8.76. The van der Waals surface area contributed by atoms with Crippen LogP contribution in [0.15, 0.2) is 59.1 Å². The zero-order chi connectivity index (χ0) is 25.5. The topological polar surface area (TPSA) is 39.4 Å². The minimum Gasteiger partial charge on any atom is -0.495 e. The number of alkyl halides is 1. The minimum absolute atomic E-state index is 0.0645. The fourth-order valence-electron chi connectivity index (χ4n) is 5.45. The highest BCUT2D eigenvalue weighted by Gasteiger charge is 2.19. The van der Waals surface area contributed by atoms with Crippen molar-refractivity contribution in [1.82, 2.24) is 14.0 Å². The highest BCUT2D eigenvalue weighted by molar-refractivity contribution is 6.21. The van der Waals surface area contributed by atoms with E-state index >= 15 is 0 Å². The lowest BCUT2D eigenvalue weighted by molar-refractivity contribution is 0.222. The van der Waals surface area contributed by atoms with Crippen molar-refractivity contribution < 1.29 is 4.74 Å². The molecule has 0 amide bonds. The first-order valence-corrected chi connectivity index (χ1v) is 14.0. The first kappa shape index (κ1) is 26.6. The van der Waals surface area contributed by atoms with Gasteiger partial charge in [0.05, 0.1) is 28.9 Å². The van der Waals surface area contributed by atoms with Crippen molar-refractivity contribution in [1.29, 1.82) is 0 Å². The van der Waals surface area contributed by atoms with E-state index < -0.39 is 0 Å². The predicted octanol–water partition coefficient (Wildman–Crippen LogP) is 6.75. The third-order valence-corrected chi connectivity index (χ3v) is 7.62. The van der Waals surface area contributed by atoms with Crippen LogP contribution in [0.1, 0.15) is 52.4 Å². The summed E-state index contributed by atoms with van der Waals surface area (Å²) >= 11 is 6.26. The van der Waals surface area contributed by atoms with Crippen molar-refractivity contribution in [2.75, 3.05) is 26.7 Å². The lowest BCUT2D eigenvalue weighted by Crippen LogP contribution is -2.32. The van der Waals surface area contributed by atoms with E-state index in [1.54, 1.807) is 7.11 Å². The number of likely N-dealkylation sites (tertiary alicyclic amines) is 1. The van der Waals surface area contributed by atoms with Crippen molar-refractivity contribution in [2.45, 2.75) is 70.8 Å². The fourth-order valence-corrected chi connectivity index (χ4v) is 5.68. The Bertz CT molecular complexity index is 1280. The van der Waals surface area contributed by atoms with E-state index in [-0.39, 0.29) is 10.9 Å². The van der Waals surface area contributed by atoms with Gasteiger partial charge in [-0.1, -0.05) is 56.2 Å². The number of pyridine rings is 1. The Hall–Kier alpha value is -2.50. The summed E-state index contributed by atoms with van der Waals surface area (Å²) in [6, 6.07) is 8.15. The molecule has 6 heteroatoms. The monoisotopic (exact) mass is 509 g/mol. The van der Waals surface area contributed by atoms with Crippen molar-refractivity contribution >= 4 is 33.4 Å². The molecule has 1 aliphatic carbocycles. The number of benzene rings is 1. The van der Waals surface area contributed by atoms with Crippen molar-refractivity contribution in [3.8, 4) is 5.75 Å². The maximum Gasteiger partial charge on any atom is 0.260 e. The predicted molar refractivity (Wildman–Crippen MR) is 153 cm³/mol. The van der Waals surface area contributed by atoms with Crippen LogP contribution in [-0.2, 0) is 13.1 Å². The van der Waals surface area contributed by atoms with Crippen LogP contribution >= 0.6 is 11.6 Å². The number of aromatic nitrogens is 2. The number of methoxy groups -OCH3 is 1. The van der Waals surface area contributed by atoms with Crippen LogP contribution in [0.5, 0.6) is 5.75 Å². The molecule has 1 saturated heterocycles. The van der Waals surface area contributed by atoms with Gasteiger partial charge in [0.25, 0.3) is 5.56 Å². The Labute approximate surface area is 220 Å². The van der Waals surface area contributed by atoms with Gasteiger partial charge in [-0.3, -0.25) is 4.79 Å². The Morgan fingerprint density at radius 3 is 2.67 bits per heavy atom. The third-order valence-electron chi connectivity index (χ3n) is 7.25. The van der Waals surface area contributed by atoms with Crippen LogP contribution in [0, 0.1) is 0 Å². The van der Waals surface area contributed by atoms with Gasteiger partial charge in [-0.15, -0.1) is 11.6 Å². The number of ether oxygens (including phenoxy) is 1. The van der Waals surface area contributed by atoms with Gasteiger partial charge in [0, 0.05) is 31.2 Å². The molecule has 2 aromatic heterocycles. The number of para-hydroxylation sites is 1. The minimum atomic E-state index is 0.0645. The molecule has 3 aromatic rings. The molecule has 0 radical (unpaired) electrons. The lowest BCUT2D eigenvalue weighted by atomic mass is 10.0. The summed E-state index contributed by atoms with van der Waals surface area (Å²) in [5.74, 6) is 0.821.